The van der Waals surface area contributed by atoms with Crippen LogP contribution < -0.4 is 9.47 Å². The first-order valence-electron chi connectivity index (χ1n) is 10.1. The van der Waals surface area contributed by atoms with Crippen LogP contribution in [0.1, 0.15) is 11.1 Å². The molecule has 0 amide bonds. The Bertz CT molecular complexity index is 1200. The number of benzene rings is 2. The van der Waals surface area contributed by atoms with E-state index in [9.17, 15) is 10.2 Å². The summed E-state index contributed by atoms with van der Waals surface area (Å²) >= 11 is 0. The summed E-state index contributed by atoms with van der Waals surface area (Å²) in [5.74, 6) is 1.29. The SMILES string of the molecule is COc1cc(C)cc(O)c1-c1cccc(-c2cccc(-c3c(O)cc(C)cc3OC)n2)n1. The largest absolute Gasteiger partial charge is 0.507 e. The molecule has 2 aromatic heterocycles. The lowest BCUT2D eigenvalue weighted by atomic mass is 10.0. The van der Waals surface area contributed by atoms with Crippen molar-refractivity contribution in [3.8, 4) is 56.9 Å². The van der Waals surface area contributed by atoms with Crippen LogP contribution in [-0.4, -0.2) is 34.4 Å². The molecule has 4 rings (SSSR count). The van der Waals surface area contributed by atoms with Crippen LogP contribution in [0, 0.1) is 13.8 Å². The second-order valence-electron chi connectivity index (χ2n) is 7.54. The van der Waals surface area contributed by atoms with Gasteiger partial charge >= 0.3 is 0 Å². The second-order valence-corrected chi connectivity index (χ2v) is 7.54. The van der Waals surface area contributed by atoms with Crippen molar-refractivity contribution in [3.63, 3.8) is 0 Å². The fraction of sp³-hybridized carbons (Fsp3) is 0.154. The van der Waals surface area contributed by atoms with Crippen molar-refractivity contribution in [2.75, 3.05) is 14.2 Å². The molecule has 0 aliphatic carbocycles. The highest BCUT2D eigenvalue weighted by Crippen LogP contribution is 2.40. The van der Waals surface area contributed by atoms with E-state index >= 15 is 0 Å². The molecule has 6 heteroatoms. The van der Waals surface area contributed by atoms with Gasteiger partial charge in [0.2, 0.25) is 0 Å². The fourth-order valence-corrected chi connectivity index (χ4v) is 3.74. The van der Waals surface area contributed by atoms with Crippen molar-refractivity contribution < 1.29 is 19.7 Å². The van der Waals surface area contributed by atoms with Crippen LogP contribution in [0.5, 0.6) is 23.0 Å². The molecule has 32 heavy (non-hydrogen) atoms. The Morgan fingerprint density at radius 3 is 1.34 bits per heavy atom. The lowest BCUT2D eigenvalue weighted by Gasteiger charge is -2.13. The third kappa shape index (κ3) is 3.95. The number of phenols is 2. The summed E-state index contributed by atoms with van der Waals surface area (Å²) in [5, 5.41) is 21.1. The zero-order valence-corrected chi connectivity index (χ0v) is 18.4. The van der Waals surface area contributed by atoms with E-state index in [1.54, 1.807) is 26.4 Å². The lowest BCUT2D eigenvalue weighted by molar-refractivity contribution is 0.409. The Hall–Kier alpha value is -4.06. The van der Waals surface area contributed by atoms with Gasteiger partial charge in [-0.2, -0.15) is 0 Å². The third-order valence-corrected chi connectivity index (χ3v) is 5.16. The van der Waals surface area contributed by atoms with E-state index in [-0.39, 0.29) is 11.5 Å². The molecule has 0 saturated carbocycles. The van der Waals surface area contributed by atoms with E-state index in [1.165, 1.54) is 0 Å². The van der Waals surface area contributed by atoms with Crippen molar-refractivity contribution >= 4 is 0 Å². The number of pyridine rings is 2. The van der Waals surface area contributed by atoms with Gasteiger partial charge in [-0.3, -0.25) is 0 Å². The summed E-state index contributed by atoms with van der Waals surface area (Å²) in [6.07, 6.45) is 0. The van der Waals surface area contributed by atoms with Crippen molar-refractivity contribution in [3.05, 3.63) is 71.8 Å². The first-order chi connectivity index (χ1) is 15.4. The molecule has 6 nitrogen and oxygen atoms in total. The second kappa shape index (κ2) is 8.59. The highest BCUT2D eigenvalue weighted by atomic mass is 16.5. The highest BCUT2D eigenvalue weighted by Gasteiger charge is 2.17. The molecule has 0 aliphatic heterocycles. The maximum Gasteiger partial charge on any atom is 0.132 e. The van der Waals surface area contributed by atoms with Gasteiger partial charge < -0.3 is 19.7 Å². The zero-order valence-electron chi connectivity index (χ0n) is 18.4. The molecule has 0 saturated heterocycles. The van der Waals surface area contributed by atoms with E-state index < -0.39 is 0 Å². The van der Waals surface area contributed by atoms with E-state index in [2.05, 4.69) is 0 Å². The predicted molar refractivity (Wildman–Crippen MR) is 124 cm³/mol. The number of aromatic hydroxyl groups is 2. The van der Waals surface area contributed by atoms with Crippen molar-refractivity contribution in [1.82, 2.24) is 9.97 Å². The molecule has 0 unspecified atom stereocenters. The highest BCUT2D eigenvalue weighted by molar-refractivity contribution is 5.78. The standard InChI is InChI=1S/C26H24N2O4/c1-15-11-21(29)25(23(13-15)31-3)19-9-5-7-17(27-19)18-8-6-10-20(28-18)26-22(30)12-16(2)14-24(26)32-4/h5-14,29-30H,1-4H3. The minimum atomic E-state index is 0.0996. The van der Waals surface area contributed by atoms with Crippen LogP contribution >= 0.6 is 0 Å². The van der Waals surface area contributed by atoms with Gasteiger partial charge in [0.25, 0.3) is 0 Å². The van der Waals surface area contributed by atoms with E-state index in [0.717, 1.165) is 11.1 Å². The molecule has 0 aliphatic rings. The van der Waals surface area contributed by atoms with Crippen LogP contribution in [0.15, 0.2) is 60.7 Å². The summed E-state index contributed by atoms with van der Waals surface area (Å²) in [4.78, 5) is 9.46. The summed E-state index contributed by atoms with van der Waals surface area (Å²) in [5.41, 5.74) is 5.21. The smallest absolute Gasteiger partial charge is 0.132 e. The molecule has 2 aromatic carbocycles. The molecule has 4 aromatic rings. The van der Waals surface area contributed by atoms with Crippen LogP contribution in [0.25, 0.3) is 33.9 Å². The normalized spacial score (nSPS) is 10.8. The minimum absolute atomic E-state index is 0.0996. The molecular formula is C26H24N2O4. The van der Waals surface area contributed by atoms with Gasteiger partial charge in [0, 0.05) is 0 Å². The molecule has 0 spiro atoms. The van der Waals surface area contributed by atoms with E-state index in [0.29, 0.717) is 45.4 Å². The van der Waals surface area contributed by atoms with Gasteiger partial charge in [0.1, 0.15) is 23.0 Å². The number of hydrogen-bond acceptors (Lipinski definition) is 6. The number of ether oxygens (including phenoxy) is 2. The molecule has 2 N–H and O–H groups in total. The topological polar surface area (TPSA) is 84.7 Å². The maximum atomic E-state index is 10.5. The van der Waals surface area contributed by atoms with Crippen LogP contribution in [0.2, 0.25) is 0 Å². The molecule has 0 fully saturated rings. The Morgan fingerprint density at radius 1 is 0.594 bits per heavy atom. The average Bonchev–Trinajstić information content (AvgIpc) is 2.78. The van der Waals surface area contributed by atoms with E-state index in [1.807, 2.05) is 62.4 Å². The quantitative estimate of drug-likeness (QED) is 0.435. The fourth-order valence-electron chi connectivity index (χ4n) is 3.74. The van der Waals surface area contributed by atoms with E-state index in [4.69, 9.17) is 19.4 Å². The molecule has 2 heterocycles. The van der Waals surface area contributed by atoms with Crippen LogP contribution in [-0.2, 0) is 0 Å². The maximum absolute atomic E-state index is 10.5. The number of methoxy groups -OCH3 is 2. The van der Waals surface area contributed by atoms with Gasteiger partial charge in [-0.1, -0.05) is 12.1 Å². The monoisotopic (exact) mass is 428 g/mol. The first-order valence-corrected chi connectivity index (χ1v) is 10.1. The van der Waals surface area contributed by atoms with Crippen molar-refractivity contribution in [1.29, 1.82) is 0 Å². The Morgan fingerprint density at radius 2 is 0.969 bits per heavy atom. The number of aromatic nitrogens is 2. The Labute approximate surface area is 186 Å². The molecule has 0 radical (unpaired) electrons. The van der Waals surface area contributed by atoms with Crippen LogP contribution in [0.3, 0.4) is 0 Å². The molecule has 162 valence electrons. The van der Waals surface area contributed by atoms with Crippen LogP contribution in [0.4, 0.5) is 0 Å². The van der Waals surface area contributed by atoms with Gasteiger partial charge in [-0.05, 0) is 73.5 Å². The predicted octanol–water partition coefficient (Wildman–Crippen LogP) is 5.52. The number of hydrogen-bond donors (Lipinski definition) is 2. The number of phenolic OH excluding ortho intramolecular Hbond substituents is 2. The molecular weight excluding hydrogens is 404 g/mol. The lowest BCUT2D eigenvalue weighted by Crippen LogP contribution is -1.96. The Kier molecular flexibility index (Phi) is 5.69. The molecule has 0 bridgehead atoms. The summed E-state index contributed by atoms with van der Waals surface area (Å²) in [6.45, 7) is 3.78. The van der Waals surface area contributed by atoms with Crippen molar-refractivity contribution in [2.24, 2.45) is 0 Å². The first kappa shape index (κ1) is 21.2. The summed E-state index contributed by atoms with van der Waals surface area (Å²) in [7, 11) is 3.13. The third-order valence-electron chi connectivity index (χ3n) is 5.16. The van der Waals surface area contributed by atoms with Gasteiger partial charge in [-0.15, -0.1) is 0 Å². The van der Waals surface area contributed by atoms with Gasteiger partial charge in [-0.25, -0.2) is 9.97 Å². The number of rotatable bonds is 5. The van der Waals surface area contributed by atoms with Gasteiger partial charge in [0.05, 0.1) is 48.1 Å². The van der Waals surface area contributed by atoms with Gasteiger partial charge in [0.15, 0.2) is 0 Å². The number of nitrogens with zero attached hydrogens (tertiary/aromatic N) is 2. The summed E-state index contributed by atoms with van der Waals surface area (Å²) < 4.78 is 10.9. The Balaban J connectivity index is 1.82. The average molecular weight is 428 g/mol. The minimum Gasteiger partial charge on any atom is -0.507 e. The van der Waals surface area contributed by atoms with Crippen molar-refractivity contribution in [2.45, 2.75) is 13.8 Å². The zero-order chi connectivity index (χ0) is 22.8. The number of aryl methyl sites for hydroxylation is 2. The summed E-state index contributed by atoms with van der Waals surface area (Å²) in [6, 6.07) is 18.1. The molecule has 0 atom stereocenters.